The average Bonchev–Trinajstić information content (AvgIpc) is 3.37. The topological polar surface area (TPSA) is 85.4 Å². The van der Waals surface area contributed by atoms with Gasteiger partial charge in [0.25, 0.3) is 0 Å². The average molecular weight is 613 g/mol. The van der Waals surface area contributed by atoms with Gasteiger partial charge in [0.05, 0.1) is 11.7 Å². The number of carbonyl (C=O) groups is 2. The van der Waals surface area contributed by atoms with E-state index in [0.717, 1.165) is 29.6 Å². The van der Waals surface area contributed by atoms with Crippen molar-refractivity contribution in [1.82, 2.24) is 0 Å². The maximum atomic E-state index is 12.5. The zero-order chi connectivity index (χ0) is 33.2. The number of cyclic esters (lactones) is 1. The number of esters is 2. The van der Waals surface area contributed by atoms with Crippen molar-refractivity contribution >= 4 is 11.9 Å². The van der Waals surface area contributed by atoms with Gasteiger partial charge in [-0.3, -0.25) is 4.79 Å². The van der Waals surface area contributed by atoms with Gasteiger partial charge in [0.15, 0.2) is 0 Å². The Bertz CT molecular complexity index is 1540. The van der Waals surface area contributed by atoms with Crippen molar-refractivity contribution in [1.29, 1.82) is 0 Å². The van der Waals surface area contributed by atoms with E-state index >= 15 is 0 Å². The highest BCUT2D eigenvalue weighted by molar-refractivity contribution is 5.95. The fourth-order valence-electron chi connectivity index (χ4n) is 7.25. The molecular formula is C39H48O6. The largest absolute Gasteiger partial charge is 0.462 e. The first-order valence-corrected chi connectivity index (χ1v) is 15.8. The molecule has 0 bridgehead atoms. The molecule has 0 spiro atoms. The molecule has 0 amide bonds. The molecule has 1 saturated heterocycles. The van der Waals surface area contributed by atoms with Crippen molar-refractivity contribution in [3.63, 3.8) is 0 Å². The Kier molecular flexibility index (Phi) is 9.87. The maximum absolute atomic E-state index is 12.5. The van der Waals surface area contributed by atoms with Crippen LogP contribution in [0, 0.1) is 22.7 Å². The van der Waals surface area contributed by atoms with E-state index in [1.165, 1.54) is 12.5 Å². The van der Waals surface area contributed by atoms with Crippen LogP contribution in [-0.2, 0) is 23.8 Å². The van der Waals surface area contributed by atoms with Gasteiger partial charge in [0, 0.05) is 36.2 Å². The van der Waals surface area contributed by atoms with Gasteiger partial charge in [-0.15, -0.1) is 0 Å². The fourth-order valence-corrected chi connectivity index (χ4v) is 7.25. The van der Waals surface area contributed by atoms with Crippen LogP contribution in [0.25, 0.3) is 0 Å². The van der Waals surface area contributed by atoms with Gasteiger partial charge in [0.1, 0.15) is 23.1 Å². The van der Waals surface area contributed by atoms with Crippen molar-refractivity contribution in [2.45, 2.75) is 111 Å². The number of rotatable bonds is 7. The molecule has 4 rings (SSSR count). The highest BCUT2D eigenvalue weighted by atomic mass is 16.6. The van der Waals surface area contributed by atoms with E-state index in [0.29, 0.717) is 24.2 Å². The van der Waals surface area contributed by atoms with Gasteiger partial charge < -0.3 is 19.3 Å². The van der Waals surface area contributed by atoms with E-state index in [9.17, 15) is 14.7 Å². The first kappa shape index (κ1) is 34.2. The zero-order valence-corrected chi connectivity index (χ0v) is 28.2. The molecule has 2 aliphatic carbocycles. The van der Waals surface area contributed by atoms with Crippen molar-refractivity contribution in [2.24, 2.45) is 10.8 Å². The molecule has 0 aromatic heterocycles. The molecule has 2 fully saturated rings. The monoisotopic (exact) mass is 612 g/mol. The van der Waals surface area contributed by atoms with Crippen molar-refractivity contribution in [3.05, 3.63) is 94.4 Å². The molecule has 4 atom stereocenters. The smallest absolute Gasteiger partial charge is 0.343 e. The minimum Gasteiger partial charge on any atom is -0.462 e. The second-order valence-corrected chi connectivity index (χ2v) is 14.3. The van der Waals surface area contributed by atoms with E-state index in [1.807, 2.05) is 69.4 Å². The Balaban J connectivity index is 1.33. The molecule has 0 aromatic rings. The van der Waals surface area contributed by atoms with Gasteiger partial charge in [-0.2, -0.15) is 0 Å². The lowest BCUT2D eigenvalue weighted by atomic mass is 9.63. The highest BCUT2D eigenvalue weighted by Gasteiger charge is 2.74. The van der Waals surface area contributed by atoms with Gasteiger partial charge in [0.2, 0.25) is 0 Å². The molecule has 240 valence electrons. The van der Waals surface area contributed by atoms with Crippen LogP contribution in [0.5, 0.6) is 0 Å². The van der Waals surface area contributed by atoms with Gasteiger partial charge in [-0.1, -0.05) is 81.6 Å². The molecular weight excluding hydrogens is 564 g/mol. The predicted molar refractivity (Wildman–Crippen MR) is 177 cm³/mol. The maximum Gasteiger partial charge on any atom is 0.343 e. The number of fused-ring (bicyclic) bond motifs is 1. The summed E-state index contributed by atoms with van der Waals surface area (Å²) in [7, 11) is 0. The van der Waals surface area contributed by atoms with Crippen LogP contribution < -0.4 is 0 Å². The van der Waals surface area contributed by atoms with E-state index in [4.69, 9.17) is 14.2 Å². The summed E-state index contributed by atoms with van der Waals surface area (Å²) in [5.74, 6) is 6.52. The van der Waals surface area contributed by atoms with Gasteiger partial charge >= 0.3 is 11.9 Å². The lowest BCUT2D eigenvalue weighted by molar-refractivity contribution is -0.147. The van der Waals surface area contributed by atoms with Crippen LogP contribution in [0.1, 0.15) is 88.0 Å². The Hall–Kier alpha value is -3.66. The Morgan fingerprint density at radius 3 is 2.36 bits per heavy atom. The normalized spacial score (nSPS) is 32.1. The number of hydrogen-bond acceptors (Lipinski definition) is 6. The number of hydrogen-bond donors (Lipinski definition) is 1. The third-order valence-electron chi connectivity index (χ3n) is 9.25. The number of ether oxygens (including phenoxy) is 3. The lowest BCUT2D eigenvalue weighted by Gasteiger charge is -2.39. The third-order valence-corrected chi connectivity index (χ3v) is 9.25. The Labute approximate surface area is 269 Å². The van der Waals surface area contributed by atoms with Crippen molar-refractivity contribution in [3.8, 4) is 11.8 Å². The van der Waals surface area contributed by atoms with E-state index in [-0.39, 0.29) is 35.0 Å². The molecule has 6 nitrogen and oxygen atoms in total. The molecule has 0 unspecified atom stereocenters. The Morgan fingerprint density at radius 1 is 1.02 bits per heavy atom. The Morgan fingerprint density at radius 2 is 1.71 bits per heavy atom. The fraction of sp³-hybridized carbons (Fsp3) is 0.487. The summed E-state index contributed by atoms with van der Waals surface area (Å²) in [4.78, 5) is 23.9. The van der Waals surface area contributed by atoms with Gasteiger partial charge in [-0.05, 0) is 76.0 Å². The number of aliphatic hydroxyl groups is 1. The van der Waals surface area contributed by atoms with Crippen LogP contribution in [0.15, 0.2) is 94.4 Å². The number of allylic oxidation sites excluding steroid dienone is 11. The molecule has 1 N–H and O–H groups in total. The molecule has 4 aliphatic rings. The minimum absolute atomic E-state index is 0.0897. The first-order valence-electron chi connectivity index (χ1n) is 15.8. The summed E-state index contributed by atoms with van der Waals surface area (Å²) >= 11 is 0. The van der Waals surface area contributed by atoms with Crippen molar-refractivity contribution < 1.29 is 28.9 Å². The van der Waals surface area contributed by atoms with Gasteiger partial charge in [-0.25, -0.2) is 4.79 Å². The van der Waals surface area contributed by atoms with E-state index in [1.54, 1.807) is 12.2 Å². The molecule has 6 heteroatoms. The SMILES string of the molecule is CC(=O)O[C@@H]1CC(C)=C(C#C/C(C)=C/C=C/C=C/C=C(C)/C=C2C=C(/C=C/[C@@]34O[C@]3(C)C[C@@H](O)CC4(C)C)C(=O)O/2)C(C)(C)C1. The van der Waals surface area contributed by atoms with Crippen LogP contribution >= 0.6 is 0 Å². The van der Waals surface area contributed by atoms with Crippen LogP contribution in [0.4, 0.5) is 0 Å². The lowest BCUT2D eigenvalue weighted by Crippen LogP contribution is -2.46. The summed E-state index contributed by atoms with van der Waals surface area (Å²) in [6.07, 6.45) is 21.3. The summed E-state index contributed by atoms with van der Waals surface area (Å²) in [6.45, 7) is 18.0. The van der Waals surface area contributed by atoms with E-state index < -0.39 is 11.2 Å². The second-order valence-electron chi connectivity index (χ2n) is 14.3. The number of carbonyl (C=O) groups excluding carboxylic acids is 2. The molecule has 0 radical (unpaired) electrons. The highest BCUT2D eigenvalue weighted by Crippen LogP contribution is 2.66. The quantitative estimate of drug-likeness (QED) is 0.137. The van der Waals surface area contributed by atoms with E-state index in [2.05, 4.69) is 46.5 Å². The van der Waals surface area contributed by atoms with Crippen LogP contribution in [0.2, 0.25) is 0 Å². The van der Waals surface area contributed by atoms with Crippen molar-refractivity contribution in [2.75, 3.05) is 0 Å². The molecule has 1 saturated carbocycles. The third kappa shape index (κ3) is 7.77. The summed E-state index contributed by atoms with van der Waals surface area (Å²) in [5.41, 5.74) is 3.36. The zero-order valence-electron chi connectivity index (χ0n) is 28.2. The number of aliphatic hydroxyl groups excluding tert-OH is 1. The van der Waals surface area contributed by atoms with Crippen LogP contribution in [-0.4, -0.2) is 40.5 Å². The second kappa shape index (κ2) is 13.0. The predicted octanol–water partition coefficient (Wildman–Crippen LogP) is 7.69. The standard InChI is InChI=1S/C39H48O6/c1-26(16-17-34-28(3)21-33(43-29(4)40)25-36(34,5)6)14-12-10-11-13-15-27(2)20-32-22-30(35(42)44-32)18-19-39-37(7,8)23-31(41)24-38(39,9)45-39/h10-15,18-20,22,31,33,41H,21,23-25H2,1-9H3/b12-10+,13-11+,19-18+,26-14+,27-15+,32-20-/t31-,33+,38+,39-/m0/s1. The molecule has 0 aromatic carbocycles. The van der Waals surface area contributed by atoms with Crippen LogP contribution in [0.3, 0.4) is 0 Å². The summed E-state index contributed by atoms with van der Waals surface area (Å²) < 4.78 is 17.1. The summed E-state index contributed by atoms with van der Waals surface area (Å²) in [6, 6.07) is 0. The summed E-state index contributed by atoms with van der Waals surface area (Å²) in [5, 5.41) is 10.3. The number of epoxide rings is 1. The molecule has 2 heterocycles. The first-order chi connectivity index (χ1) is 21.0. The molecule has 2 aliphatic heterocycles. The minimum atomic E-state index is -0.498. The molecule has 45 heavy (non-hydrogen) atoms.